The smallest absolute Gasteiger partial charge is 0.569 e. The molecule has 1 heterocycles. The van der Waals surface area contributed by atoms with E-state index in [-0.39, 0.29) is 11.5 Å². The van der Waals surface area contributed by atoms with Crippen molar-refractivity contribution in [3.63, 3.8) is 0 Å². The first-order valence-electron chi connectivity index (χ1n) is 8.92. The summed E-state index contributed by atoms with van der Waals surface area (Å²) in [5, 5.41) is 0. The van der Waals surface area contributed by atoms with E-state index in [2.05, 4.69) is 27.7 Å². The number of benzene rings is 2. The first-order valence-corrected chi connectivity index (χ1v) is 8.92. The van der Waals surface area contributed by atoms with Crippen LogP contribution < -0.4 is 0 Å². The quantitative estimate of drug-likeness (QED) is 0.479. The molecule has 26 heavy (non-hydrogen) atoms. The summed E-state index contributed by atoms with van der Waals surface area (Å²) < 4.78 is 37.7. The first-order chi connectivity index (χ1) is 12.2. The largest absolute Gasteiger partial charge is 0.995 e. The molecule has 0 bridgehead atoms. The molecule has 0 unspecified atom stereocenters. The van der Waals surface area contributed by atoms with Gasteiger partial charge in [-0.1, -0.05) is 64.1 Å². The van der Waals surface area contributed by atoms with E-state index >= 15 is 0 Å². The zero-order valence-corrected chi connectivity index (χ0v) is 15.5. The maximum atomic E-state index is 14.0. The van der Waals surface area contributed by atoms with Gasteiger partial charge in [0.15, 0.2) is 0 Å². The molecule has 1 aliphatic heterocycles. The van der Waals surface area contributed by atoms with Gasteiger partial charge in [-0.15, -0.1) is 0 Å². The fourth-order valence-corrected chi connectivity index (χ4v) is 2.87. The normalized spacial score (nSPS) is 16.3. The summed E-state index contributed by atoms with van der Waals surface area (Å²) in [6.45, 7) is 8.35. The third kappa shape index (κ3) is 4.04. The van der Waals surface area contributed by atoms with Crippen LogP contribution >= 0.6 is 0 Å². The highest BCUT2D eigenvalue weighted by atomic mass is 19.3. The first kappa shape index (κ1) is 18.4. The lowest BCUT2D eigenvalue weighted by Gasteiger charge is -2.20. The van der Waals surface area contributed by atoms with Crippen LogP contribution in [0.2, 0.25) is 0 Å². The molecule has 0 saturated heterocycles. The second-order valence-corrected chi connectivity index (χ2v) is 7.20. The minimum absolute atomic E-state index is 0.125. The molecule has 0 aliphatic carbocycles. The van der Waals surface area contributed by atoms with E-state index in [4.69, 9.17) is 9.00 Å². The SMILES string of the molecule is CC(C)c1ccc(C2=CC(c3ccc(C(C)C)cc3)=[O+][B-](F)(F)O2)cc1. The maximum Gasteiger partial charge on any atom is 0.995 e. The number of rotatable bonds is 4. The lowest BCUT2D eigenvalue weighted by atomic mass is 9.97. The van der Waals surface area contributed by atoms with Crippen molar-refractivity contribution in [2.24, 2.45) is 0 Å². The number of allylic oxidation sites excluding steroid dienone is 1. The van der Waals surface area contributed by atoms with Crippen LogP contribution in [-0.2, 0) is 4.65 Å². The second-order valence-electron chi connectivity index (χ2n) is 7.20. The Balaban J connectivity index is 1.95. The highest BCUT2D eigenvalue weighted by Gasteiger charge is 2.53. The Labute approximate surface area is 153 Å². The van der Waals surface area contributed by atoms with E-state index in [9.17, 15) is 8.63 Å². The molecule has 0 N–H and O–H groups in total. The molecule has 2 nitrogen and oxygen atoms in total. The molecule has 5 heteroatoms. The molecular formula is C21H23BF2O2. The van der Waals surface area contributed by atoms with E-state index in [1.54, 1.807) is 24.3 Å². The topological polar surface area (TPSA) is 20.5 Å². The minimum atomic E-state index is -4.40. The zero-order valence-electron chi connectivity index (χ0n) is 15.5. The van der Waals surface area contributed by atoms with E-state index in [0.29, 0.717) is 23.0 Å². The molecule has 0 saturated carbocycles. The zero-order chi connectivity index (χ0) is 18.9. The molecule has 2 aromatic rings. The van der Waals surface area contributed by atoms with Gasteiger partial charge in [0.2, 0.25) is 0 Å². The van der Waals surface area contributed by atoms with Gasteiger partial charge in [-0.3, -0.25) is 0 Å². The van der Waals surface area contributed by atoms with Crippen molar-refractivity contribution in [3.05, 3.63) is 76.9 Å². The van der Waals surface area contributed by atoms with Gasteiger partial charge in [0.05, 0.1) is 17.4 Å². The predicted octanol–water partition coefficient (Wildman–Crippen LogP) is 6.10. The Hall–Kier alpha value is -2.43. The van der Waals surface area contributed by atoms with Gasteiger partial charge < -0.3 is 17.6 Å². The number of hydrogen-bond acceptors (Lipinski definition) is 1. The van der Waals surface area contributed by atoms with Crippen LogP contribution in [0.15, 0.2) is 54.6 Å². The van der Waals surface area contributed by atoms with E-state index < -0.39 is 7.11 Å². The molecule has 3 rings (SSSR count). The van der Waals surface area contributed by atoms with Crippen LogP contribution in [0.3, 0.4) is 0 Å². The van der Waals surface area contributed by atoms with Gasteiger partial charge >= 0.3 is 7.11 Å². The highest BCUT2D eigenvalue weighted by molar-refractivity contribution is 6.52. The predicted molar refractivity (Wildman–Crippen MR) is 102 cm³/mol. The molecule has 2 aromatic carbocycles. The van der Waals surface area contributed by atoms with Crippen molar-refractivity contribution in [1.29, 1.82) is 0 Å². The van der Waals surface area contributed by atoms with Crippen molar-refractivity contribution in [2.75, 3.05) is 0 Å². The van der Waals surface area contributed by atoms with Crippen molar-refractivity contribution >= 4 is 18.6 Å². The van der Waals surface area contributed by atoms with Crippen molar-refractivity contribution < 1.29 is 17.6 Å². The molecular weight excluding hydrogens is 333 g/mol. The van der Waals surface area contributed by atoms with Crippen LogP contribution in [-0.4, -0.2) is 12.9 Å². The standard InChI is InChI=1S/C21H23BF2O2/c1-14(2)16-5-9-18(10-6-16)20-13-21(26-22(23,24)25-20)19-11-7-17(8-12-19)15(3)4/h5-15H,1-4H3. The number of hydrogen-bond donors (Lipinski definition) is 0. The number of carbonyl (C=O) groups excluding carboxylic acids is 1. The molecule has 0 aromatic heterocycles. The number of ketones is 1. The van der Waals surface area contributed by atoms with Gasteiger partial charge in [-0.05, 0) is 35.1 Å². The van der Waals surface area contributed by atoms with Crippen molar-refractivity contribution in [1.82, 2.24) is 0 Å². The summed E-state index contributed by atoms with van der Waals surface area (Å²) in [4.78, 5) is 0. The average molecular weight is 356 g/mol. The lowest BCUT2D eigenvalue weighted by molar-refractivity contribution is -0.183. The van der Waals surface area contributed by atoms with E-state index in [1.807, 2.05) is 24.3 Å². The summed E-state index contributed by atoms with van der Waals surface area (Å²) in [7, 11) is -4.40. The average Bonchev–Trinajstić information content (AvgIpc) is 2.60. The summed E-state index contributed by atoms with van der Waals surface area (Å²) in [6, 6.07) is 14.9. The Morgan fingerprint density at radius 2 is 1.23 bits per heavy atom. The van der Waals surface area contributed by atoms with Crippen LogP contribution in [0.25, 0.3) is 5.76 Å². The molecule has 0 spiro atoms. The fraction of sp³-hybridized carbons (Fsp3) is 0.286. The van der Waals surface area contributed by atoms with Crippen molar-refractivity contribution in [3.8, 4) is 0 Å². The summed E-state index contributed by atoms with van der Waals surface area (Å²) in [5.41, 5.74) is 3.51. The maximum absolute atomic E-state index is 14.0. The molecule has 0 amide bonds. The monoisotopic (exact) mass is 356 g/mol. The Kier molecular flexibility index (Phi) is 4.99. The van der Waals surface area contributed by atoms with Crippen LogP contribution in [0, 0.1) is 0 Å². The fourth-order valence-electron chi connectivity index (χ4n) is 2.87. The van der Waals surface area contributed by atoms with Gasteiger partial charge in [-0.2, -0.15) is 0 Å². The molecule has 0 fully saturated rings. The Morgan fingerprint density at radius 1 is 0.769 bits per heavy atom. The molecule has 0 radical (unpaired) electrons. The van der Waals surface area contributed by atoms with Crippen LogP contribution in [0.1, 0.15) is 66.1 Å². The Bertz CT molecular complexity index is 835. The summed E-state index contributed by atoms with van der Waals surface area (Å²) in [6.07, 6.45) is 1.54. The summed E-state index contributed by atoms with van der Waals surface area (Å²) >= 11 is 0. The van der Waals surface area contributed by atoms with Gasteiger partial charge in [0.25, 0.3) is 5.78 Å². The summed E-state index contributed by atoms with van der Waals surface area (Å²) in [5.74, 6) is 1.00. The van der Waals surface area contributed by atoms with Crippen LogP contribution in [0.4, 0.5) is 8.63 Å². The van der Waals surface area contributed by atoms with E-state index in [1.165, 1.54) is 6.08 Å². The van der Waals surface area contributed by atoms with Gasteiger partial charge in [0, 0.05) is 5.56 Å². The van der Waals surface area contributed by atoms with Crippen molar-refractivity contribution in [2.45, 2.75) is 39.5 Å². The van der Waals surface area contributed by atoms with E-state index in [0.717, 1.165) is 11.1 Å². The highest BCUT2D eigenvalue weighted by Crippen LogP contribution is 2.30. The van der Waals surface area contributed by atoms with Crippen LogP contribution in [0.5, 0.6) is 0 Å². The van der Waals surface area contributed by atoms with Gasteiger partial charge in [-0.25, -0.2) is 0 Å². The second kappa shape index (κ2) is 7.06. The number of halogens is 2. The third-order valence-electron chi connectivity index (χ3n) is 4.51. The molecule has 0 atom stereocenters. The lowest BCUT2D eigenvalue weighted by Crippen LogP contribution is -2.31. The molecule has 1 aliphatic rings. The third-order valence-corrected chi connectivity index (χ3v) is 4.51. The molecule has 136 valence electrons. The Morgan fingerprint density at radius 3 is 1.69 bits per heavy atom. The minimum Gasteiger partial charge on any atom is -0.569 e. The van der Waals surface area contributed by atoms with Gasteiger partial charge in [0.1, 0.15) is 0 Å².